The van der Waals surface area contributed by atoms with Crippen molar-refractivity contribution in [3.8, 4) is 6.01 Å². The highest BCUT2D eigenvalue weighted by atomic mass is 16.5. The number of anilines is 1. The number of hydrogen-bond acceptors (Lipinski definition) is 9. The number of fused-ring (bicyclic) bond motifs is 1. The quantitative estimate of drug-likeness (QED) is 0.568. The molecular formula is C21H26N6O4. The summed E-state index contributed by atoms with van der Waals surface area (Å²) in [6, 6.07) is 4.14. The molecule has 31 heavy (non-hydrogen) atoms. The van der Waals surface area contributed by atoms with Gasteiger partial charge >= 0.3 is 12.0 Å². The summed E-state index contributed by atoms with van der Waals surface area (Å²) in [6.45, 7) is 3.70. The van der Waals surface area contributed by atoms with Crippen molar-refractivity contribution >= 4 is 23.0 Å². The third kappa shape index (κ3) is 4.58. The second-order valence-electron chi connectivity index (χ2n) is 7.52. The molecule has 1 fully saturated rings. The third-order valence-electron chi connectivity index (χ3n) is 5.38. The van der Waals surface area contributed by atoms with E-state index in [-0.39, 0.29) is 17.9 Å². The maximum absolute atomic E-state index is 12.1. The minimum atomic E-state index is -0.630. The number of pyridine rings is 1. The van der Waals surface area contributed by atoms with Gasteiger partial charge in [-0.3, -0.25) is 0 Å². The first-order chi connectivity index (χ1) is 15.1. The Labute approximate surface area is 180 Å². The largest absolute Gasteiger partial charge is 0.463 e. The summed E-state index contributed by atoms with van der Waals surface area (Å²) in [4.78, 5) is 34.6. The molecule has 0 saturated carbocycles. The Hall–Kier alpha value is -3.27. The van der Waals surface area contributed by atoms with Crippen LogP contribution in [-0.2, 0) is 9.47 Å². The van der Waals surface area contributed by atoms with E-state index >= 15 is 0 Å². The molecule has 0 spiro atoms. The highest BCUT2D eigenvalue weighted by Crippen LogP contribution is 2.33. The molecule has 0 radical (unpaired) electrons. The maximum atomic E-state index is 12.1. The van der Waals surface area contributed by atoms with E-state index in [1.165, 1.54) is 12.7 Å². The van der Waals surface area contributed by atoms with E-state index in [0.29, 0.717) is 18.5 Å². The lowest BCUT2D eigenvalue weighted by molar-refractivity contribution is 0.0578. The second kappa shape index (κ2) is 9.25. The third-order valence-corrected chi connectivity index (χ3v) is 5.38. The molecule has 4 heterocycles. The normalized spacial score (nSPS) is 15.8. The van der Waals surface area contributed by atoms with Gasteiger partial charge in [-0.05, 0) is 43.4 Å². The lowest BCUT2D eigenvalue weighted by Gasteiger charge is -2.32. The van der Waals surface area contributed by atoms with Crippen molar-refractivity contribution in [3.63, 3.8) is 0 Å². The van der Waals surface area contributed by atoms with E-state index in [4.69, 9.17) is 14.2 Å². The van der Waals surface area contributed by atoms with Gasteiger partial charge in [-0.25, -0.2) is 9.78 Å². The zero-order valence-electron chi connectivity index (χ0n) is 17.9. The summed E-state index contributed by atoms with van der Waals surface area (Å²) in [6.07, 6.45) is 5.43. The number of rotatable bonds is 7. The number of carbonyl (C=O) groups excluding carboxylic acids is 1. The van der Waals surface area contributed by atoms with Crippen LogP contribution in [0.3, 0.4) is 0 Å². The van der Waals surface area contributed by atoms with Gasteiger partial charge in [0.1, 0.15) is 11.8 Å². The molecule has 3 aromatic rings. The van der Waals surface area contributed by atoms with E-state index < -0.39 is 5.97 Å². The Bertz CT molecular complexity index is 1050. The first kappa shape index (κ1) is 21.0. The molecule has 1 aliphatic rings. The average molecular weight is 426 g/mol. The Balaban J connectivity index is 1.52. The van der Waals surface area contributed by atoms with E-state index in [1.807, 2.05) is 17.9 Å². The first-order valence-electron chi connectivity index (χ1n) is 10.3. The standard InChI is InChI=1S/C21H26N6O4/c1-13(12-29-2)31-21-25-18(19(28)30-3)24-20(26-21)27-9-6-14(7-10-27)16-11-23-17-15(16)5-4-8-22-17/h4-5,8,11,13-14H,6-7,9-10,12H2,1-3H3,(H,22,23)/t13-/m1/s1. The van der Waals surface area contributed by atoms with Gasteiger partial charge < -0.3 is 24.1 Å². The number of piperidine rings is 1. The molecule has 0 aliphatic carbocycles. The van der Waals surface area contributed by atoms with Crippen LogP contribution in [0.25, 0.3) is 11.0 Å². The Morgan fingerprint density at radius 1 is 1.26 bits per heavy atom. The molecule has 0 bridgehead atoms. The van der Waals surface area contributed by atoms with E-state index in [1.54, 1.807) is 13.3 Å². The van der Waals surface area contributed by atoms with Crippen LogP contribution >= 0.6 is 0 Å². The van der Waals surface area contributed by atoms with E-state index in [0.717, 1.165) is 37.0 Å². The number of aromatic nitrogens is 5. The molecule has 10 heteroatoms. The monoisotopic (exact) mass is 426 g/mol. The van der Waals surface area contributed by atoms with Crippen LogP contribution in [0.4, 0.5) is 5.95 Å². The Kier molecular flexibility index (Phi) is 6.26. The summed E-state index contributed by atoms with van der Waals surface area (Å²) >= 11 is 0. The average Bonchev–Trinajstić information content (AvgIpc) is 3.23. The molecule has 10 nitrogen and oxygen atoms in total. The van der Waals surface area contributed by atoms with Crippen molar-refractivity contribution in [3.05, 3.63) is 35.9 Å². The van der Waals surface area contributed by atoms with Crippen LogP contribution < -0.4 is 9.64 Å². The molecule has 0 unspecified atom stereocenters. The van der Waals surface area contributed by atoms with Crippen molar-refractivity contribution in [1.29, 1.82) is 0 Å². The Morgan fingerprint density at radius 2 is 2.06 bits per heavy atom. The van der Waals surface area contributed by atoms with Crippen molar-refractivity contribution in [2.24, 2.45) is 0 Å². The molecule has 1 atom stereocenters. The van der Waals surface area contributed by atoms with Gasteiger partial charge in [-0.15, -0.1) is 0 Å². The van der Waals surface area contributed by atoms with Crippen molar-refractivity contribution in [2.75, 3.05) is 38.8 Å². The number of hydrogen-bond donors (Lipinski definition) is 1. The van der Waals surface area contributed by atoms with Gasteiger partial charge in [0, 0.05) is 38.0 Å². The van der Waals surface area contributed by atoms with Crippen LogP contribution in [0, 0.1) is 0 Å². The predicted molar refractivity (Wildman–Crippen MR) is 113 cm³/mol. The van der Waals surface area contributed by atoms with Gasteiger partial charge in [0.05, 0.1) is 13.7 Å². The van der Waals surface area contributed by atoms with Gasteiger partial charge in [-0.2, -0.15) is 15.0 Å². The second-order valence-corrected chi connectivity index (χ2v) is 7.52. The van der Waals surface area contributed by atoms with Crippen molar-refractivity contribution in [1.82, 2.24) is 24.9 Å². The zero-order valence-corrected chi connectivity index (χ0v) is 17.9. The number of methoxy groups -OCH3 is 2. The zero-order chi connectivity index (χ0) is 21.8. The fourth-order valence-corrected chi connectivity index (χ4v) is 3.88. The van der Waals surface area contributed by atoms with E-state index in [2.05, 4.69) is 37.2 Å². The Morgan fingerprint density at radius 3 is 2.81 bits per heavy atom. The van der Waals surface area contributed by atoms with E-state index in [9.17, 15) is 4.79 Å². The van der Waals surface area contributed by atoms with Crippen molar-refractivity contribution < 1.29 is 19.0 Å². The van der Waals surface area contributed by atoms with Crippen LogP contribution in [0.2, 0.25) is 0 Å². The summed E-state index contributed by atoms with van der Waals surface area (Å²) in [5.41, 5.74) is 2.19. The molecule has 1 saturated heterocycles. The summed E-state index contributed by atoms with van der Waals surface area (Å²) in [5, 5.41) is 1.16. The fraction of sp³-hybridized carbons (Fsp3) is 0.476. The van der Waals surface area contributed by atoms with Crippen LogP contribution in [0.1, 0.15) is 41.9 Å². The predicted octanol–water partition coefficient (Wildman–Crippen LogP) is 2.33. The maximum Gasteiger partial charge on any atom is 0.376 e. The van der Waals surface area contributed by atoms with Gasteiger partial charge in [0.2, 0.25) is 11.8 Å². The smallest absolute Gasteiger partial charge is 0.376 e. The first-order valence-corrected chi connectivity index (χ1v) is 10.3. The molecule has 3 aromatic heterocycles. The van der Waals surface area contributed by atoms with Gasteiger partial charge in [0.15, 0.2) is 0 Å². The number of esters is 1. The van der Waals surface area contributed by atoms with Crippen LogP contribution in [0.5, 0.6) is 6.01 Å². The summed E-state index contributed by atoms with van der Waals surface area (Å²) < 4.78 is 15.6. The molecular weight excluding hydrogens is 400 g/mol. The van der Waals surface area contributed by atoms with Crippen LogP contribution in [0.15, 0.2) is 24.5 Å². The fourth-order valence-electron chi connectivity index (χ4n) is 3.88. The SMILES string of the molecule is COC[C@@H](C)Oc1nc(C(=O)OC)nc(N2CCC(c3c[nH]c4ncccc34)CC2)n1. The minimum absolute atomic E-state index is 0.0723. The molecule has 0 aromatic carbocycles. The number of aromatic amines is 1. The number of nitrogens with one attached hydrogen (secondary N) is 1. The highest BCUT2D eigenvalue weighted by Gasteiger charge is 2.26. The topological polar surface area (TPSA) is 115 Å². The lowest BCUT2D eigenvalue weighted by Crippen LogP contribution is -2.35. The molecule has 164 valence electrons. The van der Waals surface area contributed by atoms with Gasteiger partial charge in [0.25, 0.3) is 0 Å². The summed E-state index contributed by atoms with van der Waals surface area (Å²) in [7, 11) is 2.88. The molecule has 1 N–H and O–H groups in total. The number of carbonyl (C=O) groups is 1. The van der Waals surface area contributed by atoms with Crippen molar-refractivity contribution in [2.45, 2.75) is 31.8 Å². The number of H-pyrrole nitrogens is 1. The number of nitrogens with zero attached hydrogens (tertiary/aromatic N) is 5. The highest BCUT2D eigenvalue weighted by molar-refractivity contribution is 5.85. The molecule has 1 aliphatic heterocycles. The minimum Gasteiger partial charge on any atom is -0.463 e. The van der Waals surface area contributed by atoms with Gasteiger partial charge in [-0.1, -0.05) is 0 Å². The van der Waals surface area contributed by atoms with Crippen LogP contribution in [-0.4, -0.2) is 70.9 Å². The molecule has 4 rings (SSSR count). The number of ether oxygens (including phenoxy) is 3. The molecule has 0 amide bonds. The summed E-state index contributed by atoms with van der Waals surface area (Å²) in [5.74, 6) is 0.119. The lowest BCUT2D eigenvalue weighted by atomic mass is 9.89.